The summed E-state index contributed by atoms with van der Waals surface area (Å²) in [6.07, 6.45) is 4.31. The molecule has 1 unspecified atom stereocenters. The molecule has 3 heteroatoms. The second-order valence-electron chi connectivity index (χ2n) is 6.89. The molecule has 0 N–H and O–H groups in total. The van der Waals surface area contributed by atoms with Crippen LogP contribution in [0.4, 0.5) is 0 Å². The Kier molecular flexibility index (Phi) is 3.18. The van der Waals surface area contributed by atoms with Crippen molar-refractivity contribution in [2.24, 2.45) is 11.3 Å². The first kappa shape index (κ1) is 11.9. The van der Waals surface area contributed by atoms with E-state index < -0.39 is 0 Å². The van der Waals surface area contributed by atoms with Crippen LogP contribution in [0.3, 0.4) is 0 Å². The maximum Gasteiger partial charge on any atom is 0.00484 e. The Morgan fingerprint density at radius 3 is 2.24 bits per heavy atom. The molecule has 0 radical (unpaired) electrons. The number of likely N-dealkylation sites (tertiary alicyclic amines) is 3. The molecule has 0 saturated carbocycles. The van der Waals surface area contributed by atoms with Crippen molar-refractivity contribution in [3.05, 3.63) is 0 Å². The third-order valence-electron chi connectivity index (χ3n) is 5.13. The van der Waals surface area contributed by atoms with Crippen LogP contribution in [0.15, 0.2) is 0 Å². The van der Waals surface area contributed by atoms with Gasteiger partial charge in [-0.15, -0.1) is 0 Å². The van der Waals surface area contributed by atoms with Gasteiger partial charge in [0.1, 0.15) is 0 Å². The van der Waals surface area contributed by atoms with E-state index in [4.69, 9.17) is 0 Å². The Labute approximate surface area is 106 Å². The predicted octanol–water partition coefficient (Wildman–Crippen LogP) is 0.966. The van der Waals surface area contributed by atoms with Crippen LogP contribution >= 0.6 is 0 Å². The maximum absolute atomic E-state index is 2.73. The first-order chi connectivity index (χ1) is 8.15. The molecule has 3 fully saturated rings. The molecule has 98 valence electrons. The van der Waals surface area contributed by atoms with Crippen LogP contribution in [0.2, 0.25) is 0 Å². The zero-order chi connectivity index (χ0) is 11.9. The molecule has 0 aromatic heterocycles. The van der Waals surface area contributed by atoms with Crippen molar-refractivity contribution in [2.75, 3.05) is 59.9 Å². The average Bonchev–Trinajstić information content (AvgIpc) is 2.65. The lowest BCUT2D eigenvalue weighted by Gasteiger charge is -2.53. The molecule has 3 rings (SSSR count). The fourth-order valence-corrected chi connectivity index (χ4v) is 4.17. The summed E-state index contributed by atoms with van der Waals surface area (Å²) in [6, 6.07) is 0. The van der Waals surface area contributed by atoms with E-state index >= 15 is 0 Å². The van der Waals surface area contributed by atoms with Gasteiger partial charge in [-0.3, -0.25) is 0 Å². The van der Waals surface area contributed by atoms with Gasteiger partial charge in [0.25, 0.3) is 0 Å². The van der Waals surface area contributed by atoms with Gasteiger partial charge in [0, 0.05) is 26.2 Å². The highest BCUT2D eigenvalue weighted by Gasteiger charge is 2.43. The van der Waals surface area contributed by atoms with Crippen molar-refractivity contribution >= 4 is 0 Å². The van der Waals surface area contributed by atoms with Crippen LogP contribution in [-0.2, 0) is 0 Å². The van der Waals surface area contributed by atoms with Gasteiger partial charge < -0.3 is 14.7 Å². The molecule has 17 heavy (non-hydrogen) atoms. The van der Waals surface area contributed by atoms with E-state index in [0.29, 0.717) is 0 Å². The van der Waals surface area contributed by atoms with Crippen molar-refractivity contribution in [2.45, 2.75) is 19.3 Å². The lowest BCUT2D eigenvalue weighted by atomic mass is 9.72. The number of hydrogen-bond donors (Lipinski definition) is 0. The van der Waals surface area contributed by atoms with Crippen molar-refractivity contribution < 1.29 is 0 Å². The fourth-order valence-electron chi connectivity index (χ4n) is 4.17. The van der Waals surface area contributed by atoms with E-state index in [9.17, 15) is 0 Å². The van der Waals surface area contributed by atoms with Gasteiger partial charge in [-0.05, 0) is 64.3 Å². The van der Waals surface area contributed by atoms with Gasteiger partial charge in [0.2, 0.25) is 0 Å². The van der Waals surface area contributed by atoms with E-state index in [1.54, 1.807) is 0 Å². The lowest BCUT2D eigenvalue weighted by Crippen LogP contribution is -2.59. The summed E-state index contributed by atoms with van der Waals surface area (Å²) in [4.78, 5) is 7.69. The summed E-state index contributed by atoms with van der Waals surface area (Å²) >= 11 is 0. The number of hydrogen-bond acceptors (Lipinski definition) is 3. The Balaban J connectivity index is 1.43. The number of piperidine rings is 1. The molecule has 1 atom stereocenters. The Morgan fingerprint density at radius 2 is 1.71 bits per heavy atom. The normalized spacial score (nSPS) is 35.3. The molecule has 3 saturated heterocycles. The van der Waals surface area contributed by atoms with Gasteiger partial charge in [-0.2, -0.15) is 0 Å². The Hall–Kier alpha value is -0.120. The topological polar surface area (TPSA) is 9.72 Å². The Morgan fingerprint density at radius 1 is 1.00 bits per heavy atom. The molecule has 0 aromatic rings. The molecule has 0 aliphatic carbocycles. The summed E-state index contributed by atoms with van der Waals surface area (Å²) in [7, 11) is 4.52. The zero-order valence-corrected chi connectivity index (χ0v) is 11.5. The molecular formula is C14H27N3. The molecule has 3 aliphatic rings. The van der Waals surface area contributed by atoms with Crippen LogP contribution in [0.1, 0.15) is 19.3 Å². The van der Waals surface area contributed by atoms with Crippen LogP contribution in [0.5, 0.6) is 0 Å². The first-order valence-electron chi connectivity index (χ1n) is 7.25. The molecule has 1 spiro atoms. The quantitative estimate of drug-likeness (QED) is 0.708. The highest BCUT2D eigenvalue weighted by molar-refractivity contribution is 4.97. The summed E-state index contributed by atoms with van der Waals surface area (Å²) in [5.41, 5.74) is 0.720. The van der Waals surface area contributed by atoms with Gasteiger partial charge in [0.05, 0.1) is 0 Å². The molecule has 0 amide bonds. The lowest BCUT2D eigenvalue weighted by molar-refractivity contribution is -0.0335. The number of rotatable bonds is 2. The Bertz CT molecular complexity index is 263. The van der Waals surface area contributed by atoms with Gasteiger partial charge in [0.15, 0.2) is 0 Å². The third-order valence-corrected chi connectivity index (χ3v) is 5.13. The molecule has 3 nitrogen and oxygen atoms in total. The van der Waals surface area contributed by atoms with Crippen LogP contribution in [-0.4, -0.2) is 74.6 Å². The van der Waals surface area contributed by atoms with Crippen molar-refractivity contribution in [3.63, 3.8) is 0 Å². The van der Waals surface area contributed by atoms with Gasteiger partial charge in [-0.25, -0.2) is 0 Å². The van der Waals surface area contributed by atoms with E-state index in [-0.39, 0.29) is 0 Å². The van der Waals surface area contributed by atoms with Crippen LogP contribution in [0, 0.1) is 11.3 Å². The van der Waals surface area contributed by atoms with E-state index in [2.05, 4.69) is 28.8 Å². The number of nitrogens with zero attached hydrogens (tertiary/aromatic N) is 3. The summed E-state index contributed by atoms with van der Waals surface area (Å²) in [5, 5.41) is 0. The predicted molar refractivity (Wildman–Crippen MR) is 71.2 cm³/mol. The molecule has 0 aromatic carbocycles. The fraction of sp³-hybridized carbons (Fsp3) is 1.00. The van der Waals surface area contributed by atoms with Crippen molar-refractivity contribution in [3.8, 4) is 0 Å². The second kappa shape index (κ2) is 4.52. The maximum atomic E-state index is 2.73. The largest absolute Gasteiger partial charge is 0.306 e. The SMILES string of the molecule is CN1CCC(CN2CCC3(CC2)CN(C)C3)C1. The minimum atomic E-state index is 0.720. The molecular weight excluding hydrogens is 210 g/mol. The standard InChI is InChI=1S/C14H27N3/c1-15-6-3-13(9-15)10-17-7-4-14(5-8-17)11-16(2)12-14/h13H,3-12H2,1-2H3. The van der Waals surface area contributed by atoms with Gasteiger partial charge in [-0.1, -0.05) is 0 Å². The second-order valence-corrected chi connectivity index (χ2v) is 6.89. The van der Waals surface area contributed by atoms with Crippen molar-refractivity contribution in [1.82, 2.24) is 14.7 Å². The zero-order valence-electron chi connectivity index (χ0n) is 11.5. The molecule has 3 heterocycles. The minimum absolute atomic E-state index is 0.720. The highest BCUT2D eigenvalue weighted by Crippen LogP contribution is 2.39. The van der Waals surface area contributed by atoms with E-state index in [1.807, 2.05) is 0 Å². The van der Waals surface area contributed by atoms with Crippen LogP contribution < -0.4 is 0 Å². The minimum Gasteiger partial charge on any atom is -0.306 e. The van der Waals surface area contributed by atoms with Crippen LogP contribution in [0.25, 0.3) is 0 Å². The monoisotopic (exact) mass is 237 g/mol. The summed E-state index contributed by atoms with van der Waals surface area (Å²) in [5.74, 6) is 0.943. The summed E-state index contributed by atoms with van der Waals surface area (Å²) in [6.45, 7) is 9.41. The smallest absolute Gasteiger partial charge is 0.00484 e. The van der Waals surface area contributed by atoms with E-state index in [0.717, 1.165) is 11.3 Å². The van der Waals surface area contributed by atoms with E-state index in [1.165, 1.54) is 65.1 Å². The highest BCUT2D eigenvalue weighted by atomic mass is 15.2. The molecule has 0 bridgehead atoms. The third kappa shape index (κ3) is 2.51. The summed E-state index contributed by atoms with van der Waals surface area (Å²) < 4.78 is 0. The average molecular weight is 237 g/mol. The molecule has 3 aliphatic heterocycles. The first-order valence-corrected chi connectivity index (χ1v) is 7.25. The van der Waals surface area contributed by atoms with Gasteiger partial charge >= 0.3 is 0 Å². The van der Waals surface area contributed by atoms with Crippen molar-refractivity contribution in [1.29, 1.82) is 0 Å².